The number of nitrogens with zero attached hydrogens (tertiary/aromatic N) is 3. The summed E-state index contributed by atoms with van der Waals surface area (Å²) in [5.74, 6) is 0. The van der Waals surface area contributed by atoms with Crippen molar-refractivity contribution in [1.29, 1.82) is 0 Å². The van der Waals surface area contributed by atoms with Crippen LogP contribution in [-0.2, 0) is 6.61 Å². The Kier molecular flexibility index (Phi) is 3.39. The molecule has 0 saturated carbocycles. The molecule has 1 N–H and O–H groups in total. The van der Waals surface area contributed by atoms with Crippen molar-refractivity contribution >= 4 is 5.69 Å². The second kappa shape index (κ2) is 4.99. The summed E-state index contributed by atoms with van der Waals surface area (Å²) in [6.45, 7) is 1.38. The number of benzene rings is 1. The summed E-state index contributed by atoms with van der Waals surface area (Å²) in [6.07, 6.45) is 0. The van der Waals surface area contributed by atoms with Crippen LogP contribution in [0, 0.1) is 17.0 Å². The van der Waals surface area contributed by atoms with Crippen LogP contribution >= 0.6 is 0 Å². The number of aliphatic hydroxyl groups is 1. The molecule has 1 heterocycles. The standard InChI is InChI=1S/C12H11N3O4/c1-8-9(7-16)5-12(17)14(13-8)10-3-2-4-11(6-10)15(18)19/h2-6,16H,7H2,1H3. The maximum absolute atomic E-state index is 11.9. The smallest absolute Gasteiger partial charge is 0.271 e. The van der Waals surface area contributed by atoms with E-state index in [-0.39, 0.29) is 12.3 Å². The third-order valence-electron chi connectivity index (χ3n) is 2.68. The summed E-state index contributed by atoms with van der Waals surface area (Å²) >= 11 is 0. The molecule has 0 aliphatic carbocycles. The zero-order valence-corrected chi connectivity index (χ0v) is 10.1. The molecule has 7 heteroatoms. The Balaban J connectivity index is 2.59. The molecule has 0 saturated heterocycles. The molecular formula is C12H11N3O4. The van der Waals surface area contributed by atoms with E-state index in [0.717, 1.165) is 4.68 Å². The quantitative estimate of drug-likeness (QED) is 0.655. The molecule has 0 bridgehead atoms. The molecule has 0 aliphatic rings. The van der Waals surface area contributed by atoms with Gasteiger partial charge in [-0.1, -0.05) is 6.07 Å². The molecule has 19 heavy (non-hydrogen) atoms. The molecule has 0 atom stereocenters. The molecule has 0 amide bonds. The van der Waals surface area contributed by atoms with Crippen molar-refractivity contribution in [2.24, 2.45) is 0 Å². The molecule has 98 valence electrons. The number of hydrogen-bond acceptors (Lipinski definition) is 5. The molecule has 0 aliphatic heterocycles. The zero-order valence-electron chi connectivity index (χ0n) is 10.1. The average molecular weight is 261 g/mol. The van der Waals surface area contributed by atoms with Gasteiger partial charge in [0.25, 0.3) is 11.2 Å². The van der Waals surface area contributed by atoms with Crippen molar-refractivity contribution in [3.63, 3.8) is 0 Å². The zero-order chi connectivity index (χ0) is 14.0. The highest BCUT2D eigenvalue weighted by atomic mass is 16.6. The molecule has 0 unspecified atom stereocenters. The van der Waals surface area contributed by atoms with Crippen molar-refractivity contribution in [2.45, 2.75) is 13.5 Å². The first-order valence-corrected chi connectivity index (χ1v) is 5.48. The molecule has 0 fully saturated rings. The minimum Gasteiger partial charge on any atom is -0.392 e. The van der Waals surface area contributed by atoms with Gasteiger partial charge in [0.2, 0.25) is 0 Å². The number of aryl methyl sites for hydroxylation is 1. The van der Waals surface area contributed by atoms with Crippen LogP contribution in [0.25, 0.3) is 5.69 Å². The summed E-state index contributed by atoms with van der Waals surface area (Å²) in [5, 5.41) is 23.8. The Morgan fingerprint density at radius 3 is 2.79 bits per heavy atom. The highest BCUT2D eigenvalue weighted by Gasteiger charge is 2.10. The van der Waals surface area contributed by atoms with E-state index in [1.165, 1.54) is 24.3 Å². The van der Waals surface area contributed by atoms with Gasteiger partial charge in [0.15, 0.2) is 0 Å². The molecule has 1 aromatic carbocycles. The van der Waals surface area contributed by atoms with Crippen molar-refractivity contribution in [1.82, 2.24) is 9.78 Å². The van der Waals surface area contributed by atoms with Crippen LogP contribution < -0.4 is 5.56 Å². The predicted molar refractivity (Wildman–Crippen MR) is 67.1 cm³/mol. The topological polar surface area (TPSA) is 98.3 Å². The van der Waals surface area contributed by atoms with Crippen molar-refractivity contribution in [3.8, 4) is 5.69 Å². The first-order chi connectivity index (χ1) is 9.02. The third-order valence-corrected chi connectivity index (χ3v) is 2.68. The summed E-state index contributed by atoms with van der Waals surface area (Å²) in [7, 11) is 0. The second-order valence-electron chi connectivity index (χ2n) is 3.94. The first kappa shape index (κ1) is 12.9. The van der Waals surface area contributed by atoms with Gasteiger partial charge in [-0.2, -0.15) is 9.78 Å². The predicted octanol–water partition coefficient (Wildman–Crippen LogP) is 0.941. The van der Waals surface area contributed by atoms with Crippen LogP contribution in [0.3, 0.4) is 0 Å². The summed E-state index contributed by atoms with van der Waals surface area (Å²) in [5.41, 5.74) is 0.678. The number of non-ortho nitro benzene ring substituents is 1. The van der Waals surface area contributed by atoms with Gasteiger partial charge in [0.05, 0.1) is 22.9 Å². The lowest BCUT2D eigenvalue weighted by Gasteiger charge is -2.07. The van der Waals surface area contributed by atoms with Crippen molar-refractivity contribution in [3.05, 3.63) is 62.1 Å². The highest BCUT2D eigenvalue weighted by molar-refractivity contribution is 5.42. The molecule has 1 aromatic heterocycles. The van der Waals surface area contributed by atoms with Crippen molar-refractivity contribution < 1.29 is 10.0 Å². The Labute approximate surface area is 107 Å². The summed E-state index contributed by atoms with van der Waals surface area (Å²) in [6, 6.07) is 6.91. The lowest BCUT2D eigenvalue weighted by molar-refractivity contribution is -0.384. The number of rotatable bonds is 3. The van der Waals surface area contributed by atoms with Gasteiger partial charge in [-0.3, -0.25) is 14.9 Å². The van der Waals surface area contributed by atoms with E-state index in [2.05, 4.69) is 5.10 Å². The fourth-order valence-corrected chi connectivity index (χ4v) is 1.66. The number of aromatic nitrogens is 2. The SMILES string of the molecule is Cc1nn(-c2cccc([N+](=O)[O-])c2)c(=O)cc1CO. The van der Waals surface area contributed by atoms with Crippen LogP contribution in [-0.4, -0.2) is 19.8 Å². The van der Waals surface area contributed by atoms with Gasteiger partial charge in [-0.25, -0.2) is 0 Å². The minimum absolute atomic E-state index is 0.116. The third kappa shape index (κ3) is 2.50. The fraction of sp³-hybridized carbons (Fsp3) is 0.167. The van der Waals surface area contributed by atoms with Crippen LogP contribution in [0.4, 0.5) is 5.69 Å². The van der Waals surface area contributed by atoms with Crippen LogP contribution in [0.15, 0.2) is 35.1 Å². The lowest BCUT2D eigenvalue weighted by atomic mass is 10.2. The summed E-state index contributed by atoms with van der Waals surface area (Å²) < 4.78 is 1.07. The number of hydrogen-bond donors (Lipinski definition) is 1. The molecule has 2 rings (SSSR count). The summed E-state index contributed by atoms with van der Waals surface area (Å²) in [4.78, 5) is 22.0. The molecule has 2 aromatic rings. The maximum atomic E-state index is 11.9. The van der Waals surface area contributed by atoms with Gasteiger partial charge in [0.1, 0.15) is 0 Å². The van der Waals surface area contributed by atoms with Gasteiger partial charge in [0, 0.05) is 23.8 Å². The van der Waals surface area contributed by atoms with E-state index < -0.39 is 10.5 Å². The Morgan fingerprint density at radius 1 is 1.42 bits per heavy atom. The largest absolute Gasteiger partial charge is 0.392 e. The van der Waals surface area contributed by atoms with Crippen LogP contribution in [0.5, 0.6) is 0 Å². The Hall–Kier alpha value is -2.54. The van der Waals surface area contributed by atoms with E-state index in [1.807, 2.05) is 0 Å². The monoisotopic (exact) mass is 261 g/mol. The van der Waals surface area contributed by atoms with E-state index >= 15 is 0 Å². The van der Waals surface area contributed by atoms with E-state index in [9.17, 15) is 14.9 Å². The highest BCUT2D eigenvalue weighted by Crippen LogP contribution is 2.15. The lowest BCUT2D eigenvalue weighted by Crippen LogP contribution is -2.22. The first-order valence-electron chi connectivity index (χ1n) is 5.48. The average Bonchev–Trinajstić information content (AvgIpc) is 2.41. The molecule has 0 radical (unpaired) electrons. The number of nitro groups is 1. The van der Waals surface area contributed by atoms with Gasteiger partial charge < -0.3 is 5.11 Å². The fourth-order valence-electron chi connectivity index (χ4n) is 1.66. The molecule has 0 spiro atoms. The van der Waals surface area contributed by atoms with Crippen molar-refractivity contribution in [2.75, 3.05) is 0 Å². The number of aliphatic hydroxyl groups excluding tert-OH is 1. The molecular weight excluding hydrogens is 250 g/mol. The normalized spacial score (nSPS) is 10.4. The van der Waals surface area contributed by atoms with Gasteiger partial charge in [-0.15, -0.1) is 0 Å². The maximum Gasteiger partial charge on any atom is 0.271 e. The van der Waals surface area contributed by atoms with E-state index in [1.54, 1.807) is 13.0 Å². The van der Waals surface area contributed by atoms with E-state index in [0.29, 0.717) is 16.9 Å². The van der Waals surface area contributed by atoms with Gasteiger partial charge >= 0.3 is 0 Å². The second-order valence-corrected chi connectivity index (χ2v) is 3.94. The van der Waals surface area contributed by atoms with Gasteiger partial charge in [-0.05, 0) is 13.0 Å². The Morgan fingerprint density at radius 2 is 2.16 bits per heavy atom. The minimum atomic E-state index is -0.538. The molecule has 7 nitrogen and oxygen atoms in total. The Bertz CT molecular complexity index is 694. The van der Waals surface area contributed by atoms with E-state index in [4.69, 9.17) is 5.11 Å². The number of nitro benzene ring substituents is 1. The van der Waals surface area contributed by atoms with Crippen LogP contribution in [0.1, 0.15) is 11.3 Å². The van der Waals surface area contributed by atoms with Crippen LogP contribution in [0.2, 0.25) is 0 Å².